The first-order valence-corrected chi connectivity index (χ1v) is 11.4. The van der Waals surface area contributed by atoms with E-state index in [0.717, 1.165) is 25.3 Å². The Hall–Kier alpha value is -2.99. The number of hydrogen-bond donors (Lipinski definition) is 1. The standard InChI is InChI=1S/C21H23F3N2O6S/c1-30-18-7-4-14(20(27)31-2)12-19(18)33(28,29)25-16-13-15(21(22,23)24)5-6-17(16)26-8-3-10-32-11-9-26/h4-7,12-13,25H,3,8-11H2,1-2H3. The normalized spacial score (nSPS) is 15.0. The molecule has 8 nitrogen and oxygen atoms in total. The van der Waals surface area contributed by atoms with Crippen LogP contribution in [0, 0.1) is 0 Å². The molecule has 1 heterocycles. The highest BCUT2D eigenvalue weighted by atomic mass is 32.2. The van der Waals surface area contributed by atoms with Gasteiger partial charge in [0.15, 0.2) is 0 Å². The van der Waals surface area contributed by atoms with Crippen LogP contribution in [0.5, 0.6) is 5.75 Å². The van der Waals surface area contributed by atoms with Crippen LogP contribution in [0.15, 0.2) is 41.3 Å². The van der Waals surface area contributed by atoms with E-state index >= 15 is 0 Å². The van der Waals surface area contributed by atoms with Crippen molar-refractivity contribution in [3.63, 3.8) is 0 Å². The van der Waals surface area contributed by atoms with Crippen LogP contribution in [0.1, 0.15) is 22.3 Å². The highest BCUT2D eigenvalue weighted by Gasteiger charge is 2.33. The zero-order valence-electron chi connectivity index (χ0n) is 17.9. The Balaban J connectivity index is 2.09. The Bertz CT molecular complexity index is 1110. The molecule has 0 radical (unpaired) electrons. The van der Waals surface area contributed by atoms with E-state index in [1.165, 1.54) is 25.3 Å². The summed E-state index contributed by atoms with van der Waals surface area (Å²) >= 11 is 0. The van der Waals surface area contributed by atoms with E-state index in [9.17, 15) is 26.4 Å². The number of esters is 1. The largest absolute Gasteiger partial charge is 0.495 e. The van der Waals surface area contributed by atoms with Crippen LogP contribution in [0.25, 0.3) is 0 Å². The highest BCUT2D eigenvalue weighted by molar-refractivity contribution is 7.92. The predicted octanol–water partition coefficient (Wildman–Crippen LogP) is 3.53. The summed E-state index contributed by atoms with van der Waals surface area (Å²) < 4.78 is 84.0. The Morgan fingerprint density at radius 2 is 1.85 bits per heavy atom. The van der Waals surface area contributed by atoms with Gasteiger partial charge in [-0.1, -0.05) is 0 Å². The van der Waals surface area contributed by atoms with E-state index in [-0.39, 0.29) is 22.7 Å². The van der Waals surface area contributed by atoms with E-state index in [4.69, 9.17) is 9.47 Å². The van der Waals surface area contributed by atoms with Gasteiger partial charge in [0.2, 0.25) is 0 Å². The molecule has 1 fully saturated rings. The second kappa shape index (κ2) is 9.87. The molecular formula is C21H23F3N2O6S. The quantitative estimate of drug-likeness (QED) is 0.622. The minimum atomic E-state index is -4.68. The average molecular weight is 488 g/mol. The van der Waals surface area contributed by atoms with Crippen LogP contribution < -0.4 is 14.4 Å². The molecule has 0 saturated carbocycles. The van der Waals surface area contributed by atoms with Gasteiger partial charge in [-0.3, -0.25) is 4.72 Å². The maximum atomic E-state index is 13.4. The lowest BCUT2D eigenvalue weighted by Gasteiger charge is -2.26. The molecule has 0 aliphatic carbocycles. The molecule has 33 heavy (non-hydrogen) atoms. The third-order valence-corrected chi connectivity index (χ3v) is 6.39. The number of carbonyl (C=O) groups is 1. The van der Waals surface area contributed by atoms with E-state index < -0.39 is 32.6 Å². The van der Waals surface area contributed by atoms with Gasteiger partial charge in [-0.15, -0.1) is 0 Å². The molecule has 180 valence electrons. The maximum Gasteiger partial charge on any atom is 0.416 e. The number of halogens is 3. The van der Waals surface area contributed by atoms with Gasteiger partial charge >= 0.3 is 12.1 Å². The first kappa shape index (κ1) is 24.6. The topological polar surface area (TPSA) is 94.2 Å². The lowest BCUT2D eigenvalue weighted by Crippen LogP contribution is -2.28. The maximum absolute atomic E-state index is 13.4. The van der Waals surface area contributed by atoms with Crippen molar-refractivity contribution in [1.82, 2.24) is 0 Å². The van der Waals surface area contributed by atoms with Crippen LogP contribution in [0.4, 0.5) is 24.5 Å². The molecule has 3 rings (SSSR count). The van der Waals surface area contributed by atoms with E-state index in [0.29, 0.717) is 32.7 Å². The summed E-state index contributed by atoms with van der Waals surface area (Å²) in [4.78, 5) is 13.2. The molecule has 1 N–H and O–H groups in total. The summed E-state index contributed by atoms with van der Waals surface area (Å²) in [7, 11) is -2.09. The molecule has 0 aromatic heterocycles. The number of hydrogen-bond acceptors (Lipinski definition) is 7. The third-order valence-electron chi connectivity index (χ3n) is 5.01. The van der Waals surface area contributed by atoms with Crippen molar-refractivity contribution in [2.24, 2.45) is 0 Å². The Kier molecular flexibility index (Phi) is 7.38. The molecule has 1 aliphatic heterocycles. The highest BCUT2D eigenvalue weighted by Crippen LogP contribution is 2.37. The summed E-state index contributed by atoms with van der Waals surface area (Å²) in [5, 5.41) is 0. The van der Waals surface area contributed by atoms with Gasteiger partial charge in [0.05, 0.1) is 43.3 Å². The van der Waals surface area contributed by atoms with Crippen LogP contribution in [0.3, 0.4) is 0 Å². The van der Waals surface area contributed by atoms with Crippen molar-refractivity contribution in [3.8, 4) is 5.75 Å². The Labute approximate surface area is 189 Å². The Morgan fingerprint density at radius 1 is 1.09 bits per heavy atom. The van der Waals surface area contributed by atoms with Crippen molar-refractivity contribution >= 4 is 27.4 Å². The van der Waals surface area contributed by atoms with Crippen LogP contribution in [-0.4, -0.2) is 54.9 Å². The van der Waals surface area contributed by atoms with Gasteiger partial charge in [-0.25, -0.2) is 13.2 Å². The molecule has 1 saturated heterocycles. The zero-order valence-corrected chi connectivity index (χ0v) is 18.8. The minimum absolute atomic E-state index is 0.0624. The van der Waals surface area contributed by atoms with Gasteiger partial charge in [0.1, 0.15) is 10.6 Å². The molecule has 0 amide bonds. The molecule has 2 aromatic rings. The summed E-state index contributed by atoms with van der Waals surface area (Å²) in [5.41, 5.74) is -1.05. The SMILES string of the molecule is COC(=O)c1ccc(OC)c(S(=O)(=O)Nc2cc(C(F)(F)F)ccc2N2CCCOCC2)c1. The molecular weight excluding hydrogens is 465 g/mol. The second-order valence-corrected chi connectivity index (χ2v) is 8.80. The molecule has 12 heteroatoms. The van der Waals surface area contributed by atoms with Crippen molar-refractivity contribution in [3.05, 3.63) is 47.5 Å². The van der Waals surface area contributed by atoms with Gasteiger partial charge < -0.3 is 19.1 Å². The third kappa shape index (κ3) is 5.69. The fourth-order valence-corrected chi connectivity index (χ4v) is 4.65. The van der Waals surface area contributed by atoms with E-state index in [1.807, 2.05) is 0 Å². The number of ether oxygens (including phenoxy) is 3. The first-order chi connectivity index (χ1) is 15.6. The van der Waals surface area contributed by atoms with Crippen molar-refractivity contribution in [2.45, 2.75) is 17.5 Å². The summed E-state index contributed by atoms with van der Waals surface area (Å²) in [6.45, 7) is 1.69. The van der Waals surface area contributed by atoms with Crippen molar-refractivity contribution in [2.75, 3.05) is 50.1 Å². The summed E-state index contributed by atoms with van der Waals surface area (Å²) in [5.74, 6) is -0.870. The van der Waals surface area contributed by atoms with Gasteiger partial charge in [-0.2, -0.15) is 13.2 Å². The average Bonchev–Trinajstić information content (AvgIpc) is 3.06. The number of carbonyl (C=O) groups excluding carboxylic acids is 1. The fourth-order valence-electron chi connectivity index (χ4n) is 3.39. The van der Waals surface area contributed by atoms with Gasteiger partial charge in [0.25, 0.3) is 10.0 Å². The van der Waals surface area contributed by atoms with Gasteiger partial charge in [-0.05, 0) is 42.8 Å². The number of anilines is 2. The first-order valence-electron chi connectivity index (χ1n) is 9.90. The van der Waals surface area contributed by atoms with E-state index in [1.54, 1.807) is 4.90 Å². The second-order valence-electron chi connectivity index (χ2n) is 7.15. The number of alkyl halides is 3. The molecule has 0 spiro atoms. The number of benzene rings is 2. The van der Waals surface area contributed by atoms with Crippen LogP contribution in [-0.2, 0) is 25.7 Å². The van der Waals surface area contributed by atoms with E-state index in [2.05, 4.69) is 9.46 Å². The molecule has 0 unspecified atom stereocenters. The number of sulfonamides is 1. The monoisotopic (exact) mass is 488 g/mol. The Morgan fingerprint density at radius 3 is 2.52 bits per heavy atom. The number of rotatable bonds is 6. The fraction of sp³-hybridized carbons (Fsp3) is 0.381. The summed E-state index contributed by atoms with van der Waals surface area (Å²) in [6, 6.07) is 6.50. The van der Waals surface area contributed by atoms with Crippen LogP contribution in [0.2, 0.25) is 0 Å². The predicted molar refractivity (Wildman–Crippen MR) is 114 cm³/mol. The zero-order chi connectivity index (χ0) is 24.2. The summed E-state index contributed by atoms with van der Waals surface area (Å²) in [6.07, 6.45) is -4.05. The molecule has 2 aromatic carbocycles. The molecule has 1 aliphatic rings. The van der Waals surface area contributed by atoms with Crippen molar-refractivity contribution < 1.29 is 40.6 Å². The van der Waals surface area contributed by atoms with Gasteiger partial charge in [0, 0.05) is 19.7 Å². The smallest absolute Gasteiger partial charge is 0.416 e. The van der Waals surface area contributed by atoms with Crippen LogP contribution >= 0.6 is 0 Å². The number of methoxy groups -OCH3 is 2. The molecule has 0 atom stereocenters. The lowest BCUT2D eigenvalue weighted by molar-refractivity contribution is -0.137. The lowest BCUT2D eigenvalue weighted by atomic mass is 10.1. The minimum Gasteiger partial charge on any atom is -0.495 e. The molecule has 0 bridgehead atoms. The number of nitrogens with zero attached hydrogens (tertiary/aromatic N) is 1. The number of nitrogens with one attached hydrogen (secondary N) is 1. The van der Waals surface area contributed by atoms with Crippen molar-refractivity contribution in [1.29, 1.82) is 0 Å².